The number of rotatable bonds is 6. The van der Waals surface area contributed by atoms with E-state index >= 15 is 0 Å². The predicted octanol–water partition coefficient (Wildman–Crippen LogP) is 3.40. The maximum absolute atomic E-state index is 12.6. The largest absolute Gasteiger partial charge is 0.479 e. The second kappa shape index (κ2) is 8.08. The molecule has 0 bridgehead atoms. The summed E-state index contributed by atoms with van der Waals surface area (Å²) < 4.78 is 41.6. The minimum atomic E-state index is -2.91. The van der Waals surface area contributed by atoms with E-state index in [1.165, 1.54) is 6.07 Å². The van der Waals surface area contributed by atoms with Gasteiger partial charge in [-0.3, -0.25) is 0 Å². The Morgan fingerprint density at radius 3 is 2.25 bits per heavy atom. The molecule has 0 amide bonds. The lowest BCUT2D eigenvalue weighted by molar-refractivity contribution is -0.0598. The van der Waals surface area contributed by atoms with Gasteiger partial charge < -0.3 is 19.5 Å². The Kier molecular flexibility index (Phi) is 5.61. The molecule has 0 aromatic heterocycles. The van der Waals surface area contributed by atoms with Gasteiger partial charge in [-0.05, 0) is 17.7 Å². The van der Waals surface area contributed by atoms with Gasteiger partial charge in [0.15, 0.2) is 17.6 Å². The van der Waals surface area contributed by atoms with E-state index in [2.05, 4.69) is 10.1 Å². The van der Waals surface area contributed by atoms with Gasteiger partial charge in [-0.1, -0.05) is 42.5 Å². The number of hydrogen-bond acceptors (Lipinski definition) is 4. The van der Waals surface area contributed by atoms with Gasteiger partial charge in [0.05, 0.1) is 6.61 Å². The summed E-state index contributed by atoms with van der Waals surface area (Å²) in [6, 6.07) is 16.0. The first-order chi connectivity index (χ1) is 11.7. The maximum Gasteiger partial charge on any atom is 0.387 e. The van der Waals surface area contributed by atoms with Gasteiger partial charge >= 0.3 is 6.61 Å². The Balaban J connectivity index is 1.87. The smallest absolute Gasteiger partial charge is 0.387 e. The van der Waals surface area contributed by atoms with Gasteiger partial charge in [-0.25, -0.2) is 0 Å². The Hall–Kier alpha value is -2.18. The van der Waals surface area contributed by atoms with Crippen LogP contribution in [0.4, 0.5) is 8.78 Å². The zero-order chi connectivity index (χ0) is 16.8. The number of hydrogen-bond donors (Lipinski definition) is 1. The van der Waals surface area contributed by atoms with Crippen molar-refractivity contribution in [1.29, 1.82) is 0 Å². The standard InChI is InChI=1S/C18H19F2NO3/c19-18(20)24-15-9-5-4-8-14(15)23-17(13-6-2-1-3-7-13)16-12-21-10-11-22-16/h1-9,16-18,21H,10-12H2. The van der Waals surface area contributed by atoms with Crippen molar-refractivity contribution >= 4 is 0 Å². The molecule has 24 heavy (non-hydrogen) atoms. The Morgan fingerprint density at radius 1 is 0.958 bits per heavy atom. The highest BCUT2D eigenvalue weighted by molar-refractivity contribution is 5.40. The lowest BCUT2D eigenvalue weighted by atomic mass is 10.0. The molecular weight excluding hydrogens is 316 g/mol. The number of ether oxygens (including phenoxy) is 3. The third-order valence-electron chi connectivity index (χ3n) is 3.74. The molecule has 1 N–H and O–H groups in total. The zero-order valence-corrected chi connectivity index (χ0v) is 13.0. The Morgan fingerprint density at radius 2 is 1.62 bits per heavy atom. The van der Waals surface area contributed by atoms with Crippen LogP contribution in [0.5, 0.6) is 11.5 Å². The van der Waals surface area contributed by atoms with E-state index in [4.69, 9.17) is 9.47 Å². The summed E-state index contributed by atoms with van der Waals surface area (Å²) in [5.74, 6) is 0.276. The normalized spacial score (nSPS) is 19.0. The molecule has 1 heterocycles. The number of para-hydroxylation sites is 2. The highest BCUT2D eigenvalue weighted by Gasteiger charge is 2.28. The molecule has 0 spiro atoms. The van der Waals surface area contributed by atoms with Crippen LogP contribution in [0, 0.1) is 0 Å². The first-order valence-electron chi connectivity index (χ1n) is 7.82. The molecule has 0 aliphatic carbocycles. The fourth-order valence-electron chi connectivity index (χ4n) is 2.66. The number of morpholine rings is 1. The minimum Gasteiger partial charge on any atom is -0.479 e. The van der Waals surface area contributed by atoms with Crippen molar-refractivity contribution < 1.29 is 23.0 Å². The SMILES string of the molecule is FC(F)Oc1ccccc1OC(c1ccccc1)C1CNCCO1. The van der Waals surface area contributed by atoms with E-state index in [0.717, 1.165) is 12.1 Å². The van der Waals surface area contributed by atoms with E-state index in [1.54, 1.807) is 18.2 Å². The van der Waals surface area contributed by atoms with Gasteiger partial charge in [-0.15, -0.1) is 0 Å². The average Bonchev–Trinajstić information content (AvgIpc) is 2.62. The van der Waals surface area contributed by atoms with Crippen LogP contribution >= 0.6 is 0 Å². The summed E-state index contributed by atoms with van der Waals surface area (Å²) in [6.07, 6.45) is -0.651. The highest BCUT2D eigenvalue weighted by atomic mass is 19.3. The second-order valence-electron chi connectivity index (χ2n) is 5.39. The molecule has 0 radical (unpaired) electrons. The van der Waals surface area contributed by atoms with Crippen LogP contribution < -0.4 is 14.8 Å². The van der Waals surface area contributed by atoms with Crippen LogP contribution in [0.15, 0.2) is 54.6 Å². The molecule has 1 saturated heterocycles. The van der Waals surface area contributed by atoms with E-state index in [1.807, 2.05) is 30.3 Å². The van der Waals surface area contributed by atoms with Crippen LogP contribution in [0.25, 0.3) is 0 Å². The van der Waals surface area contributed by atoms with Crippen LogP contribution in [0.2, 0.25) is 0 Å². The summed E-state index contributed by atoms with van der Waals surface area (Å²) >= 11 is 0. The second-order valence-corrected chi connectivity index (χ2v) is 5.39. The molecule has 1 aliphatic heterocycles. The van der Waals surface area contributed by atoms with Crippen molar-refractivity contribution in [2.75, 3.05) is 19.7 Å². The molecule has 0 saturated carbocycles. The number of nitrogens with one attached hydrogen (secondary N) is 1. The minimum absolute atomic E-state index is 0.0113. The Bertz CT molecular complexity index is 633. The van der Waals surface area contributed by atoms with E-state index in [9.17, 15) is 8.78 Å². The average molecular weight is 335 g/mol. The third kappa shape index (κ3) is 4.21. The Labute approximate surface area is 139 Å². The van der Waals surface area contributed by atoms with Crippen molar-refractivity contribution in [3.8, 4) is 11.5 Å². The van der Waals surface area contributed by atoms with Crippen LogP contribution in [-0.4, -0.2) is 32.4 Å². The third-order valence-corrected chi connectivity index (χ3v) is 3.74. The van der Waals surface area contributed by atoms with Crippen molar-refractivity contribution in [1.82, 2.24) is 5.32 Å². The summed E-state index contributed by atoms with van der Waals surface area (Å²) in [6.45, 7) is -0.926. The summed E-state index contributed by atoms with van der Waals surface area (Å²) in [5, 5.41) is 3.26. The lowest BCUT2D eigenvalue weighted by Crippen LogP contribution is -2.43. The van der Waals surface area contributed by atoms with Crippen molar-refractivity contribution in [3.05, 3.63) is 60.2 Å². The molecule has 6 heteroatoms. The molecule has 128 valence electrons. The molecule has 2 unspecified atom stereocenters. The van der Waals surface area contributed by atoms with Gasteiger partial charge in [0.25, 0.3) is 0 Å². The maximum atomic E-state index is 12.6. The quantitative estimate of drug-likeness (QED) is 0.878. The summed E-state index contributed by atoms with van der Waals surface area (Å²) in [4.78, 5) is 0. The molecule has 2 aromatic rings. The van der Waals surface area contributed by atoms with Gasteiger partial charge in [0.1, 0.15) is 6.10 Å². The monoisotopic (exact) mass is 335 g/mol. The van der Waals surface area contributed by atoms with E-state index in [-0.39, 0.29) is 17.6 Å². The molecule has 4 nitrogen and oxygen atoms in total. The first kappa shape index (κ1) is 16.7. The van der Waals surface area contributed by atoms with Crippen molar-refractivity contribution in [2.24, 2.45) is 0 Å². The van der Waals surface area contributed by atoms with Crippen LogP contribution in [0.3, 0.4) is 0 Å². The van der Waals surface area contributed by atoms with Crippen molar-refractivity contribution in [2.45, 2.75) is 18.8 Å². The van der Waals surface area contributed by atoms with Gasteiger partial charge in [-0.2, -0.15) is 8.78 Å². The molecule has 3 rings (SSSR count). The number of alkyl halides is 2. The van der Waals surface area contributed by atoms with Crippen LogP contribution in [0.1, 0.15) is 11.7 Å². The van der Waals surface area contributed by atoms with Crippen molar-refractivity contribution in [3.63, 3.8) is 0 Å². The van der Waals surface area contributed by atoms with E-state index < -0.39 is 12.7 Å². The lowest BCUT2D eigenvalue weighted by Gasteiger charge is -2.32. The number of benzene rings is 2. The molecule has 2 aromatic carbocycles. The molecular formula is C18H19F2NO3. The summed E-state index contributed by atoms with van der Waals surface area (Å²) in [7, 11) is 0. The zero-order valence-electron chi connectivity index (χ0n) is 13.0. The fourth-order valence-corrected chi connectivity index (χ4v) is 2.66. The van der Waals surface area contributed by atoms with Gasteiger partial charge in [0, 0.05) is 13.1 Å². The van der Waals surface area contributed by atoms with E-state index in [0.29, 0.717) is 13.2 Å². The first-order valence-corrected chi connectivity index (χ1v) is 7.82. The summed E-state index contributed by atoms with van der Waals surface area (Å²) in [5.41, 5.74) is 0.915. The number of halogens is 2. The topological polar surface area (TPSA) is 39.7 Å². The van der Waals surface area contributed by atoms with Gasteiger partial charge in [0.2, 0.25) is 0 Å². The molecule has 1 aliphatic rings. The molecule has 1 fully saturated rings. The fraction of sp³-hybridized carbons (Fsp3) is 0.333. The molecule has 2 atom stereocenters. The predicted molar refractivity (Wildman–Crippen MR) is 85.5 cm³/mol. The highest BCUT2D eigenvalue weighted by Crippen LogP contribution is 2.34. The van der Waals surface area contributed by atoms with Crippen LogP contribution in [-0.2, 0) is 4.74 Å².